The maximum absolute atomic E-state index is 9.73. The van der Waals surface area contributed by atoms with Gasteiger partial charge in [0.25, 0.3) is 0 Å². The van der Waals surface area contributed by atoms with E-state index in [1.807, 2.05) is 0 Å². The second-order valence-corrected chi connectivity index (χ2v) is 2.04. The number of hydrogen-bond donors (Lipinski definition) is 1. The Hall–Kier alpha value is -0.480. The van der Waals surface area contributed by atoms with E-state index < -0.39 is 0 Å². The summed E-state index contributed by atoms with van der Waals surface area (Å²) in [5, 5.41) is 5.87. The largest absolute Gasteiger partial charge is 0.378 e. The van der Waals surface area contributed by atoms with Gasteiger partial charge in [-0.3, -0.25) is 0 Å². The first-order valence-corrected chi connectivity index (χ1v) is 3.03. The molecule has 1 saturated heterocycles. The van der Waals surface area contributed by atoms with E-state index >= 15 is 0 Å². The minimum atomic E-state index is 0.149. The van der Waals surface area contributed by atoms with Crippen LogP contribution >= 0.6 is 0 Å². The number of rotatable bonds is 2. The molecule has 1 rings (SSSR count). The third-order valence-corrected chi connectivity index (χ3v) is 1.29. The van der Waals surface area contributed by atoms with Gasteiger partial charge in [-0.1, -0.05) is 5.18 Å². The molecule has 4 heteroatoms. The Morgan fingerprint density at radius 2 is 2.67 bits per heavy atom. The van der Waals surface area contributed by atoms with E-state index in [9.17, 15) is 4.91 Å². The predicted octanol–water partition coefficient (Wildman–Crippen LogP) is -0.259. The van der Waals surface area contributed by atoms with Gasteiger partial charge in [0.05, 0.1) is 25.8 Å². The SMILES string of the molecule is O=NC[C@@H]1COCCN1. The minimum absolute atomic E-state index is 0.149. The molecule has 0 unspecified atom stereocenters. The van der Waals surface area contributed by atoms with Gasteiger partial charge in [0.1, 0.15) is 0 Å². The van der Waals surface area contributed by atoms with Crippen LogP contribution < -0.4 is 5.32 Å². The first kappa shape index (κ1) is 6.64. The summed E-state index contributed by atoms with van der Waals surface area (Å²) >= 11 is 0. The summed E-state index contributed by atoms with van der Waals surface area (Å²) in [6.07, 6.45) is 0. The number of nitroso groups, excluding NO2 is 1. The fourth-order valence-electron chi connectivity index (χ4n) is 0.827. The van der Waals surface area contributed by atoms with Crippen molar-refractivity contribution in [3.05, 3.63) is 4.91 Å². The zero-order valence-electron chi connectivity index (χ0n) is 5.17. The molecule has 9 heavy (non-hydrogen) atoms. The van der Waals surface area contributed by atoms with Gasteiger partial charge in [0, 0.05) is 6.54 Å². The van der Waals surface area contributed by atoms with Crippen LogP contribution in [0.5, 0.6) is 0 Å². The van der Waals surface area contributed by atoms with Crippen LogP contribution in [-0.4, -0.2) is 32.3 Å². The Balaban J connectivity index is 2.15. The molecule has 0 saturated carbocycles. The molecule has 1 atom stereocenters. The van der Waals surface area contributed by atoms with Gasteiger partial charge in [-0.25, -0.2) is 0 Å². The summed E-state index contributed by atoms with van der Waals surface area (Å²) in [5.41, 5.74) is 0. The second kappa shape index (κ2) is 3.53. The molecule has 1 heterocycles. The summed E-state index contributed by atoms with van der Waals surface area (Å²) in [5.74, 6) is 0. The lowest BCUT2D eigenvalue weighted by molar-refractivity contribution is 0.0795. The van der Waals surface area contributed by atoms with Crippen molar-refractivity contribution in [3.63, 3.8) is 0 Å². The predicted molar refractivity (Wildman–Crippen MR) is 33.3 cm³/mol. The molecule has 0 amide bonds. The van der Waals surface area contributed by atoms with Crippen molar-refractivity contribution in [2.45, 2.75) is 6.04 Å². The van der Waals surface area contributed by atoms with Gasteiger partial charge in [0.2, 0.25) is 0 Å². The number of morpholine rings is 1. The Labute approximate surface area is 53.6 Å². The first-order valence-electron chi connectivity index (χ1n) is 3.03. The van der Waals surface area contributed by atoms with E-state index in [2.05, 4.69) is 10.5 Å². The highest BCUT2D eigenvalue weighted by Crippen LogP contribution is 1.92. The normalized spacial score (nSPS) is 27.8. The number of ether oxygens (including phenoxy) is 1. The topological polar surface area (TPSA) is 50.7 Å². The molecule has 0 aromatic heterocycles. The Bertz CT molecular complexity index is 91.0. The second-order valence-electron chi connectivity index (χ2n) is 2.04. The van der Waals surface area contributed by atoms with Gasteiger partial charge in [-0.2, -0.15) is 4.91 Å². The average Bonchev–Trinajstić information content (AvgIpc) is 1.91. The zero-order valence-corrected chi connectivity index (χ0v) is 5.17. The van der Waals surface area contributed by atoms with Crippen molar-refractivity contribution in [1.29, 1.82) is 0 Å². The fourth-order valence-corrected chi connectivity index (χ4v) is 0.827. The average molecular weight is 130 g/mol. The van der Waals surface area contributed by atoms with Gasteiger partial charge in [-0.05, 0) is 0 Å². The lowest BCUT2D eigenvalue weighted by atomic mass is 10.3. The van der Waals surface area contributed by atoms with E-state index in [1.54, 1.807) is 0 Å². The van der Waals surface area contributed by atoms with E-state index in [0.717, 1.165) is 13.2 Å². The van der Waals surface area contributed by atoms with E-state index in [1.165, 1.54) is 0 Å². The molecular formula is C5H10N2O2. The molecule has 0 aromatic rings. The van der Waals surface area contributed by atoms with Gasteiger partial charge in [-0.15, -0.1) is 0 Å². The summed E-state index contributed by atoms with van der Waals surface area (Å²) in [4.78, 5) is 9.73. The van der Waals surface area contributed by atoms with Crippen molar-refractivity contribution in [1.82, 2.24) is 5.32 Å². The molecule has 1 N–H and O–H groups in total. The van der Waals surface area contributed by atoms with Crippen LogP contribution in [0.25, 0.3) is 0 Å². The highest BCUT2D eigenvalue weighted by molar-refractivity contribution is 4.71. The molecule has 1 aliphatic heterocycles. The molecule has 0 aromatic carbocycles. The van der Waals surface area contributed by atoms with E-state index in [-0.39, 0.29) is 6.04 Å². The summed E-state index contributed by atoms with van der Waals surface area (Å²) < 4.78 is 5.07. The van der Waals surface area contributed by atoms with Crippen molar-refractivity contribution in [2.75, 3.05) is 26.3 Å². The highest BCUT2D eigenvalue weighted by Gasteiger charge is 2.11. The van der Waals surface area contributed by atoms with Crippen molar-refractivity contribution in [2.24, 2.45) is 5.18 Å². The van der Waals surface area contributed by atoms with Crippen LogP contribution in [0, 0.1) is 4.91 Å². The summed E-state index contributed by atoms with van der Waals surface area (Å²) in [7, 11) is 0. The quantitative estimate of drug-likeness (QED) is 0.524. The van der Waals surface area contributed by atoms with Crippen LogP contribution in [0.1, 0.15) is 0 Å². The van der Waals surface area contributed by atoms with Gasteiger partial charge < -0.3 is 10.1 Å². The van der Waals surface area contributed by atoms with Gasteiger partial charge in [0.15, 0.2) is 0 Å². The van der Waals surface area contributed by atoms with Crippen molar-refractivity contribution in [3.8, 4) is 0 Å². The monoisotopic (exact) mass is 130 g/mol. The number of nitrogens with one attached hydrogen (secondary N) is 1. The molecule has 0 aliphatic carbocycles. The summed E-state index contributed by atoms with van der Waals surface area (Å²) in [6, 6.07) is 0.149. The lowest BCUT2D eigenvalue weighted by Crippen LogP contribution is -2.42. The maximum Gasteiger partial charge on any atom is 0.0986 e. The van der Waals surface area contributed by atoms with Crippen LogP contribution in [0.15, 0.2) is 5.18 Å². The van der Waals surface area contributed by atoms with Crippen molar-refractivity contribution >= 4 is 0 Å². The number of hydrogen-bond acceptors (Lipinski definition) is 4. The minimum Gasteiger partial charge on any atom is -0.378 e. The standard InChI is InChI=1S/C5H10N2O2/c8-7-3-5-4-9-2-1-6-5/h5-6H,1-4H2/t5-/m1/s1. The third-order valence-electron chi connectivity index (χ3n) is 1.29. The fraction of sp³-hybridized carbons (Fsp3) is 1.00. The Morgan fingerprint density at radius 1 is 1.78 bits per heavy atom. The van der Waals surface area contributed by atoms with Crippen molar-refractivity contribution < 1.29 is 4.74 Å². The third kappa shape index (κ3) is 2.07. The highest BCUT2D eigenvalue weighted by atomic mass is 16.5. The van der Waals surface area contributed by atoms with Crippen LogP contribution in [0.2, 0.25) is 0 Å². The first-order chi connectivity index (χ1) is 4.43. The van der Waals surface area contributed by atoms with Crippen LogP contribution in [0.3, 0.4) is 0 Å². The Kier molecular flexibility index (Phi) is 2.60. The molecular weight excluding hydrogens is 120 g/mol. The molecule has 4 nitrogen and oxygen atoms in total. The van der Waals surface area contributed by atoms with E-state index in [4.69, 9.17) is 4.74 Å². The molecule has 0 bridgehead atoms. The summed E-state index contributed by atoms with van der Waals surface area (Å²) in [6.45, 7) is 2.52. The lowest BCUT2D eigenvalue weighted by Gasteiger charge is -2.20. The van der Waals surface area contributed by atoms with Gasteiger partial charge >= 0.3 is 0 Å². The Morgan fingerprint density at radius 3 is 3.22 bits per heavy atom. The molecule has 0 radical (unpaired) electrons. The number of nitrogens with zero attached hydrogens (tertiary/aromatic N) is 1. The molecule has 52 valence electrons. The van der Waals surface area contributed by atoms with E-state index in [0.29, 0.717) is 13.2 Å². The maximum atomic E-state index is 9.73. The zero-order chi connectivity index (χ0) is 6.53. The van der Waals surface area contributed by atoms with Crippen LogP contribution in [0.4, 0.5) is 0 Å². The van der Waals surface area contributed by atoms with Crippen LogP contribution in [-0.2, 0) is 4.74 Å². The molecule has 1 aliphatic rings. The molecule has 1 fully saturated rings. The smallest absolute Gasteiger partial charge is 0.0986 e. The molecule has 0 spiro atoms.